The van der Waals surface area contributed by atoms with Crippen LogP contribution in [0.1, 0.15) is 31.7 Å². The number of likely N-dealkylation sites (N-methyl/N-ethyl adjacent to an activating group) is 1. The van der Waals surface area contributed by atoms with E-state index < -0.39 is 11.3 Å². The van der Waals surface area contributed by atoms with E-state index in [0.29, 0.717) is 13.0 Å². The lowest BCUT2D eigenvalue weighted by Gasteiger charge is -2.53. The maximum Gasteiger partial charge on any atom is 0.340 e. The molecule has 2 bridgehead atoms. The predicted molar refractivity (Wildman–Crippen MR) is 97.1 cm³/mol. The van der Waals surface area contributed by atoms with Crippen LogP contribution in [-0.2, 0) is 24.5 Å². The van der Waals surface area contributed by atoms with Gasteiger partial charge in [0.25, 0.3) is 0 Å². The lowest BCUT2D eigenvalue weighted by molar-refractivity contribution is -0.195. The molecule has 142 valence electrons. The molecule has 5 aliphatic heterocycles. The molecule has 4 saturated heterocycles. The molecule has 0 unspecified atom stereocenters. The molecule has 27 heavy (non-hydrogen) atoms. The monoisotopic (exact) mass is 368 g/mol. The van der Waals surface area contributed by atoms with Crippen LogP contribution in [0.4, 0.5) is 5.69 Å². The summed E-state index contributed by atoms with van der Waals surface area (Å²) < 4.78 is 12.2. The number of hydrogen-bond acceptors (Lipinski definition) is 5. The van der Waals surface area contributed by atoms with Crippen LogP contribution in [0.2, 0.25) is 0 Å². The van der Waals surface area contributed by atoms with Gasteiger partial charge in [0.15, 0.2) is 11.3 Å². The maximum absolute atomic E-state index is 13.3. The molecule has 4 fully saturated rings. The Morgan fingerprint density at radius 3 is 2.89 bits per heavy atom. The van der Waals surface area contributed by atoms with E-state index in [4.69, 9.17) is 9.47 Å². The van der Waals surface area contributed by atoms with Crippen molar-refractivity contribution >= 4 is 17.6 Å². The highest BCUT2D eigenvalue weighted by Crippen LogP contribution is 2.76. The Morgan fingerprint density at radius 1 is 1.33 bits per heavy atom. The summed E-state index contributed by atoms with van der Waals surface area (Å²) in [5.74, 6) is -0.00516. The van der Waals surface area contributed by atoms with Crippen molar-refractivity contribution in [3.8, 4) is 0 Å². The largest absolute Gasteiger partial charge is 0.467 e. The number of amides is 1. The highest BCUT2D eigenvalue weighted by molar-refractivity contribution is 5.89. The van der Waals surface area contributed by atoms with Gasteiger partial charge >= 0.3 is 5.97 Å². The molecule has 0 aliphatic carbocycles. The number of fused-ring (bicyclic) bond motifs is 3. The number of nitrogens with zero attached hydrogens (tertiary/aromatic N) is 2. The van der Waals surface area contributed by atoms with E-state index in [1.165, 1.54) is 12.7 Å². The summed E-state index contributed by atoms with van der Waals surface area (Å²) in [4.78, 5) is 30.4. The molecule has 0 radical (unpaired) electrons. The Kier molecular flexibility index (Phi) is 2.65. The summed E-state index contributed by atoms with van der Waals surface area (Å²) in [5, 5.41) is 0. The highest BCUT2D eigenvalue weighted by Gasteiger charge is 2.90. The topological polar surface area (TPSA) is 59.1 Å². The van der Waals surface area contributed by atoms with Gasteiger partial charge in [0.1, 0.15) is 0 Å². The number of para-hydroxylation sites is 1. The van der Waals surface area contributed by atoms with Gasteiger partial charge in [-0.2, -0.15) is 0 Å². The molecule has 1 aromatic carbocycles. The van der Waals surface area contributed by atoms with E-state index in [0.717, 1.165) is 18.5 Å². The molecular formula is C21H24N2O4. The van der Waals surface area contributed by atoms with Crippen LogP contribution in [0.5, 0.6) is 0 Å². The van der Waals surface area contributed by atoms with E-state index in [9.17, 15) is 9.59 Å². The standard InChI is InChI=1S/C21H24N2O4/c1-12-13-8-9-16(24)23-11-10-19-14-6-4-5-7-15(14)22(2)17(19)20(12,18(25)26-3)27-21(13,19)23/h4-7,12-13,17H,8-11H2,1-3H3/t12-,13-,17+,19-,20+,21-/m0/s1. The van der Waals surface area contributed by atoms with Crippen LogP contribution in [0.15, 0.2) is 24.3 Å². The first-order chi connectivity index (χ1) is 13.0. The Morgan fingerprint density at radius 2 is 2.11 bits per heavy atom. The zero-order valence-corrected chi connectivity index (χ0v) is 15.9. The first kappa shape index (κ1) is 15.9. The number of ether oxygens (including phenoxy) is 2. The molecule has 6 nitrogen and oxygen atoms in total. The highest BCUT2D eigenvalue weighted by atomic mass is 16.6. The van der Waals surface area contributed by atoms with Gasteiger partial charge in [0, 0.05) is 37.5 Å². The van der Waals surface area contributed by atoms with Crippen molar-refractivity contribution in [1.82, 2.24) is 4.90 Å². The maximum atomic E-state index is 13.3. The number of methoxy groups -OCH3 is 1. The van der Waals surface area contributed by atoms with Crippen molar-refractivity contribution in [1.29, 1.82) is 0 Å². The van der Waals surface area contributed by atoms with Crippen LogP contribution in [0.3, 0.4) is 0 Å². The number of rotatable bonds is 1. The van der Waals surface area contributed by atoms with Gasteiger partial charge in [-0.25, -0.2) is 4.79 Å². The minimum atomic E-state index is -1.05. The molecule has 6 rings (SSSR count). The van der Waals surface area contributed by atoms with E-state index in [1.807, 2.05) is 11.0 Å². The van der Waals surface area contributed by atoms with Crippen molar-refractivity contribution in [2.45, 2.75) is 49.0 Å². The van der Waals surface area contributed by atoms with Gasteiger partial charge in [0.2, 0.25) is 5.91 Å². The first-order valence-electron chi connectivity index (χ1n) is 9.88. The minimum Gasteiger partial charge on any atom is -0.467 e. The van der Waals surface area contributed by atoms with Crippen LogP contribution < -0.4 is 4.90 Å². The van der Waals surface area contributed by atoms with Crippen LogP contribution >= 0.6 is 0 Å². The predicted octanol–water partition coefficient (Wildman–Crippen LogP) is 1.67. The molecule has 0 N–H and O–H groups in total. The normalized spacial score (nSPS) is 45.7. The average molecular weight is 368 g/mol. The summed E-state index contributed by atoms with van der Waals surface area (Å²) in [6.07, 6.45) is 2.14. The Bertz CT molecular complexity index is 902. The summed E-state index contributed by atoms with van der Waals surface area (Å²) in [5.41, 5.74) is 0.209. The van der Waals surface area contributed by atoms with Gasteiger partial charge in [-0.05, 0) is 24.5 Å². The summed E-state index contributed by atoms with van der Waals surface area (Å²) in [6.45, 7) is 2.81. The second-order valence-electron chi connectivity index (χ2n) is 8.81. The summed E-state index contributed by atoms with van der Waals surface area (Å²) >= 11 is 0. The fourth-order valence-electron chi connectivity index (χ4n) is 7.68. The second-order valence-corrected chi connectivity index (χ2v) is 8.81. The van der Waals surface area contributed by atoms with Crippen molar-refractivity contribution < 1.29 is 19.1 Å². The molecular weight excluding hydrogens is 344 g/mol. The summed E-state index contributed by atoms with van der Waals surface area (Å²) in [6, 6.07) is 8.23. The lowest BCUT2D eigenvalue weighted by atomic mass is 9.53. The first-order valence-corrected chi connectivity index (χ1v) is 9.88. The number of hydrogen-bond donors (Lipinski definition) is 0. The number of piperidine rings is 1. The molecule has 0 aromatic heterocycles. The van der Waals surface area contributed by atoms with Crippen LogP contribution in [0, 0.1) is 11.8 Å². The van der Waals surface area contributed by atoms with E-state index in [2.05, 4.69) is 37.1 Å². The molecule has 6 heteroatoms. The smallest absolute Gasteiger partial charge is 0.340 e. The van der Waals surface area contributed by atoms with Crippen LogP contribution in [-0.4, -0.2) is 54.8 Å². The third-order valence-corrected chi connectivity index (χ3v) is 8.38. The number of esters is 1. The number of benzene rings is 1. The third kappa shape index (κ3) is 1.28. The van der Waals surface area contributed by atoms with Crippen molar-refractivity contribution in [2.24, 2.45) is 11.8 Å². The van der Waals surface area contributed by atoms with Crippen molar-refractivity contribution in [3.63, 3.8) is 0 Å². The molecule has 1 aromatic rings. The molecule has 5 aliphatic rings. The Hall–Kier alpha value is -2.08. The van der Waals surface area contributed by atoms with Gasteiger partial charge in [-0.3, -0.25) is 4.79 Å². The van der Waals surface area contributed by atoms with Crippen LogP contribution in [0.25, 0.3) is 0 Å². The lowest BCUT2D eigenvalue weighted by Crippen LogP contribution is -2.69. The van der Waals surface area contributed by atoms with E-state index in [-0.39, 0.29) is 35.2 Å². The minimum absolute atomic E-state index is 0.00598. The SMILES string of the molecule is COC(=O)[C@]12O[C@]34[C@@H](CCC(=O)N3CC[C@@]43c4ccccc4N(C)[C@@H]13)[C@@H]2C. The average Bonchev–Trinajstić information content (AvgIpc) is 3.31. The zero-order valence-electron chi connectivity index (χ0n) is 15.9. The number of carbonyl (C=O) groups excluding carboxylic acids is 2. The van der Waals surface area contributed by atoms with Gasteiger partial charge in [-0.1, -0.05) is 25.1 Å². The number of anilines is 1. The molecule has 5 heterocycles. The van der Waals surface area contributed by atoms with Crippen molar-refractivity contribution in [3.05, 3.63) is 29.8 Å². The van der Waals surface area contributed by atoms with Gasteiger partial charge < -0.3 is 19.3 Å². The molecule has 1 amide bonds. The van der Waals surface area contributed by atoms with Gasteiger partial charge in [-0.15, -0.1) is 0 Å². The second kappa shape index (κ2) is 4.49. The molecule has 2 spiro atoms. The quantitative estimate of drug-likeness (QED) is 0.706. The Labute approximate surface area is 158 Å². The number of carbonyl (C=O) groups is 2. The Balaban J connectivity index is 1.71. The van der Waals surface area contributed by atoms with E-state index >= 15 is 0 Å². The van der Waals surface area contributed by atoms with Crippen molar-refractivity contribution in [2.75, 3.05) is 25.6 Å². The van der Waals surface area contributed by atoms with E-state index in [1.54, 1.807) is 0 Å². The zero-order chi connectivity index (χ0) is 18.8. The summed E-state index contributed by atoms with van der Waals surface area (Å²) in [7, 11) is 3.50. The fourth-order valence-corrected chi connectivity index (χ4v) is 7.68. The molecule has 0 saturated carbocycles. The molecule has 6 atom stereocenters. The van der Waals surface area contributed by atoms with Gasteiger partial charge in [0.05, 0.1) is 18.6 Å². The fraction of sp³-hybridized carbons (Fsp3) is 0.619. The third-order valence-electron chi connectivity index (χ3n) is 8.38.